The van der Waals surface area contributed by atoms with Gasteiger partial charge in [0.2, 0.25) is 5.91 Å². The first-order chi connectivity index (χ1) is 18.0. The minimum Gasteiger partial charge on any atom is -0.481 e. The second-order valence-electron chi connectivity index (χ2n) is 12.6. The highest BCUT2D eigenvalue weighted by molar-refractivity contribution is 9.10. The van der Waals surface area contributed by atoms with Crippen LogP contribution in [0, 0.1) is 11.3 Å². The first-order valence-corrected chi connectivity index (χ1v) is 14.6. The lowest BCUT2D eigenvalue weighted by Crippen LogP contribution is -2.64. The van der Waals surface area contributed by atoms with Crippen molar-refractivity contribution in [3.05, 3.63) is 57.2 Å². The number of carbonyl (C=O) groups excluding carboxylic acids is 1. The largest absolute Gasteiger partial charge is 0.481 e. The van der Waals surface area contributed by atoms with Crippen LogP contribution in [0.1, 0.15) is 74.9 Å². The molecule has 0 radical (unpaired) electrons. The number of nitrogens with zero attached hydrogens (tertiary/aromatic N) is 2. The maximum atomic E-state index is 13.2. The van der Waals surface area contributed by atoms with Gasteiger partial charge >= 0.3 is 5.97 Å². The second-order valence-corrected chi connectivity index (χ2v) is 13.5. The number of carboxylic acids is 1. The predicted molar refractivity (Wildman–Crippen MR) is 152 cm³/mol. The number of aliphatic carboxylic acids is 1. The van der Waals surface area contributed by atoms with Crippen LogP contribution in [0.15, 0.2) is 34.8 Å². The van der Waals surface area contributed by atoms with Gasteiger partial charge < -0.3 is 20.6 Å². The summed E-state index contributed by atoms with van der Waals surface area (Å²) < 4.78 is 0.892. The molecule has 1 amide bonds. The number of rotatable bonds is 8. The molecule has 2 aliphatic heterocycles. The predicted octanol–water partition coefficient (Wildman–Crippen LogP) is 5.09. The molecule has 0 bridgehead atoms. The minimum atomic E-state index is -0.920. The Hall–Kier alpha value is -2.45. The molecule has 2 fully saturated rings. The van der Waals surface area contributed by atoms with Crippen LogP contribution in [0.4, 0.5) is 5.82 Å². The van der Waals surface area contributed by atoms with Gasteiger partial charge in [-0.15, -0.1) is 0 Å². The van der Waals surface area contributed by atoms with E-state index in [1.54, 1.807) is 0 Å². The van der Waals surface area contributed by atoms with Gasteiger partial charge in [0, 0.05) is 48.7 Å². The lowest BCUT2D eigenvalue weighted by atomic mass is 9.57. The van der Waals surface area contributed by atoms with Gasteiger partial charge in [0.15, 0.2) is 0 Å². The molecular weight excluding hydrogens is 544 g/mol. The summed E-state index contributed by atoms with van der Waals surface area (Å²) in [5.41, 5.74) is 4.54. The zero-order valence-corrected chi connectivity index (χ0v) is 24.2. The Labute approximate surface area is 233 Å². The molecule has 38 heavy (non-hydrogen) atoms. The van der Waals surface area contributed by atoms with E-state index in [1.807, 2.05) is 12.1 Å². The molecule has 3 heterocycles. The number of aryl methyl sites for hydroxylation is 1. The Morgan fingerprint density at radius 3 is 2.71 bits per heavy atom. The van der Waals surface area contributed by atoms with Crippen LogP contribution in [-0.2, 0) is 27.8 Å². The van der Waals surface area contributed by atoms with Crippen molar-refractivity contribution in [2.45, 2.75) is 70.8 Å². The van der Waals surface area contributed by atoms with Crippen LogP contribution in [0.25, 0.3) is 0 Å². The molecule has 1 aliphatic carbocycles. The van der Waals surface area contributed by atoms with Crippen LogP contribution in [0.5, 0.6) is 0 Å². The van der Waals surface area contributed by atoms with Crippen molar-refractivity contribution < 1.29 is 14.7 Å². The average molecular weight is 584 g/mol. The van der Waals surface area contributed by atoms with E-state index < -0.39 is 12.0 Å². The molecule has 1 saturated heterocycles. The van der Waals surface area contributed by atoms with Crippen molar-refractivity contribution in [1.29, 1.82) is 0 Å². The van der Waals surface area contributed by atoms with Crippen molar-refractivity contribution in [3.63, 3.8) is 0 Å². The van der Waals surface area contributed by atoms with E-state index in [4.69, 9.17) is 4.98 Å². The zero-order chi connectivity index (χ0) is 27.1. The topological polar surface area (TPSA) is 94.6 Å². The Balaban J connectivity index is 1.12. The fraction of sp³-hybridized carbons (Fsp3) is 0.567. The number of amides is 1. The van der Waals surface area contributed by atoms with E-state index in [9.17, 15) is 14.7 Å². The second kappa shape index (κ2) is 10.6. The first kappa shape index (κ1) is 27.1. The highest BCUT2D eigenvalue weighted by atomic mass is 79.9. The molecule has 1 atom stereocenters. The van der Waals surface area contributed by atoms with E-state index >= 15 is 0 Å². The van der Waals surface area contributed by atoms with E-state index in [1.165, 1.54) is 12.0 Å². The summed E-state index contributed by atoms with van der Waals surface area (Å²) in [4.78, 5) is 32.1. The number of hydrogen-bond donors (Lipinski definition) is 3. The van der Waals surface area contributed by atoms with E-state index in [0.717, 1.165) is 79.0 Å². The maximum Gasteiger partial charge on any atom is 0.305 e. The van der Waals surface area contributed by atoms with E-state index in [0.29, 0.717) is 0 Å². The molecule has 7 nitrogen and oxygen atoms in total. The summed E-state index contributed by atoms with van der Waals surface area (Å²) in [6, 6.07) is 9.83. The molecule has 1 spiro atoms. The van der Waals surface area contributed by atoms with E-state index in [-0.39, 0.29) is 29.1 Å². The van der Waals surface area contributed by atoms with Gasteiger partial charge in [0.25, 0.3) is 0 Å². The number of fused-ring (bicyclic) bond motifs is 1. The number of aromatic nitrogens is 1. The number of carbonyl (C=O) groups is 2. The maximum absolute atomic E-state index is 13.2. The van der Waals surface area contributed by atoms with Gasteiger partial charge in [-0.25, -0.2) is 4.98 Å². The Kier molecular flexibility index (Phi) is 7.57. The lowest BCUT2D eigenvalue weighted by Gasteiger charge is -2.59. The SMILES string of the molecule is CC(C)(C)c1cc(Br)cc([C@H](CC(=O)O)NC(=O)C2CC3(C2)CN(CCc2ccc4c(n2)NCCC4)C3)c1. The molecular formula is C30H39BrN4O3. The summed E-state index contributed by atoms with van der Waals surface area (Å²) in [5.74, 6) is 0.0660. The number of hydrogen-bond acceptors (Lipinski definition) is 5. The number of pyridine rings is 1. The standard InChI is InChI=1S/C30H39BrN4O3/c1-29(2,3)22-11-20(12-23(31)13-22)25(14-26(36)37)34-28(38)21-15-30(16-21)17-35(18-30)10-8-24-7-6-19-5-4-9-32-27(19)33-24/h6-7,11-13,21,25H,4-5,8-10,14-18H2,1-3H3,(H,32,33)(H,34,38)(H,36,37)/t25-/m0/s1. The Morgan fingerprint density at radius 2 is 2.00 bits per heavy atom. The van der Waals surface area contributed by atoms with Gasteiger partial charge in [-0.05, 0) is 71.4 Å². The monoisotopic (exact) mass is 582 g/mol. The van der Waals surface area contributed by atoms with Gasteiger partial charge in [0.1, 0.15) is 5.82 Å². The molecule has 3 aliphatic rings. The third kappa shape index (κ3) is 6.07. The van der Waals surface area contributed by atoms with Crippen molar-refractivity contribution >= 4 is 33.6 Å². The third-order valence-corrected chi connectivity index (χ3v) is 8.83. The third-order valence-electron chi connectivity index (χ3n) is 8.37. The average Bonchev–Trinajstić information content (AvgIpc) is 2.80. The fourth-order valence-electron chi connectivity index (χ4n) is 6.23. The number of likely N-dealkylation sites (tertiary alicyclic amines) is 1. The summed E-state index contributed by atoms with van der Waals surface area (Å²) in [7, 11) is 0. The molecule has 1 saturated carbocycles. The van der Waals surface area contributed by atoms with Crippen LogP contribution >= 0.6 is 15.9 Å². The smallest absolute Gasteiger partial charge is 0.305 e. The quantitative estimate of drug-likeness (QED) is 0.401. The number of carboxylic acid groups (broad SMARTS) is 1. The van der Waals surface area contributed by atoms with Crippen molar-refractivity contribution in [3.8, 4) is 0 Å². The van der Waals surface area contributed by atoms with Gasteiger partial charge in [-0.3, -0.25) is 9.59 Å². The zero-order valence-electron chi connectivity index (χ0n) is 22.6. The van der Waals surface area contributed by atoms with E-state index in [2.05, 4.69) is 70.4 Å². The Morgan fingerprint density at radius 1 is 1.24 bits per heavy atom. The first-order valence-electron chi connectivity index (χ1n) is 13.8. The van der Waals surface area contributed by atoms with Gasteiger partial charge in [-0.1, -0.05) is 48.8 Å². The van der Waals surface area contributed by atoms with Crippen LogP contribution in [0.2, 0.25) is 0 Å². The number of halogens is 1. The molecule has 2 aromatic rings. The number of nitrogens with one attached hydrogen (secondary N) is 2. The van der Waals surface area contributed by atoms with Crippen molar-refractivity contribution in [2.24, 2.45) is 11.3 Å². The van der Waals surface area contributed by atoms with Crippen LogP contribution in [0.3, 0.4) is 0 Å². The minimum absolute atomic E-state index is 0.0247. The van der Waals surface area contributed by atoms with Gasteiger partial charge in [0.05, 0.1) is 12.5 Å². The highest BCUT2D eigenvalue weighted by Gasteiger charge is 2.54. The number of benzene rings is 1. The molecule has 8 heteroatoms. The summed E-state index contributed by atoms with van der Waals surface area (Å²) >= 11 is 3.57. The molecule has 5 rings (SSSR count). The number of anilines is 1. The van der Waals surface area contributed by atoms with Crippen molar-refractivity contribution in [2.75, 3.05) is 31.5 Å². The fourth-order valence-corrected chi connectivity index (χ4v) is 6.74. The summed E-state index contributed by atoms with van der Waals surface area (Å²) in [6.45, 7) is 10.4. The summed E-state index contributed by atoms with van der Waals surface area (Å²) in [6.07, 6.45) is 4.84. The van der Waals surface area contributed by atoms with Crippen LogP contribution < -0.4 is 10.6 Å². The molecule has 0 unspecified atom stereocenters. The molecule has 3 N–H and O–H groups in total. The molecule has 204 valence electrons. The Bertz CT molecular complexity index is 1210. The normalized spacial score (nSPS) is 19.6. The molecule has 1 aromatic carbocycles. The lowest BCUT2D eigenvalue weighted by molar-refractivity contribution is -0.145. The van der Waals surface area contributed by atoms with Gasteiger partial charge in [-0.2, -0.15) is 0 Å². The van der Waals surface area contributed by atoms with Crippen molar-refractivity contribution in [1.82, 2.24) is 15.2 Å². The van der Waals surface area contributed by atoms with Crippen LogP contribution in [-0.4, -0.2) is 53.0 Å². The molecule has 1 aromatic heterocycles. The highest BCUT2D eigenvalue weighted by Crippen LogP contribution is 2.52. The summed E-state index contributed by atoms with van der Waals surface area (Å²) in [5, 5.41) is 16.0.